The first-order valence-corrected chi connectivity index (χ1v) is 3.85. The maximum atomic E-state index is 13.0. The van der Waals surface area contributed by atoms with E-state index in [1.54, 1.807) is 7.05 Å². The molecule has 2 nitrogen and oxygen atoms in total. The van der Waals surface area contributed by atoms with Crippen LogP contribution in [0.3, 0.4) is 0 Å². The number of nitrogens with one attached hydrogen (secondary N) is 1. The number of methoxy groups -OCH3 is 1. The van der Waals surface area contributed by atoms with Gasteiger partial charge in [-0.25, -0.2) is 8.78 Å². The molecule has 1 aromatic carbocycles. The zero-order valence-corrected chi connectivity index (χ0v) is 8.75. The average Bonchev–Trinajstić information content (AvgIpc) is 2.04. The van der Waals surface area contributed by atoms with E-state index in [9.17, 15) is 8.78 Å². The molecule has 0 amide bonds. The smallest absolute Gasteiger partial charge is 0.190 e. The van der Waals surface area contributed by atoms with Crippen molar-refractivity contribution in [2.75, 3.05) is 14.2 Å². The molecule has 14 heavy (non-hydrogen) atoms. The number of benzene rings is 1. The second-order valence-electron chi connectivity index (χ2n) is 2.62. The van der Waals surface area contributed by atoms with Gasteiger partial charge in [-0.05, 0) is 24.7 Å². The molecule has 0 unspecified atom stereocenters. The van der Waals surface area contributed by atoms with Crippen LogP contribution in [0, 0.1) is 11.6 Å². The summed E-state index contributed by atoms with van der Waals surface area (Å²) in [7, 11) is 2.94. The largest absolute Gasteiger partial charge is 0.491 e. The Morgan fingerprint density at radius 2 is 1.79 bits per heavy atom. The molecule has 0 heterocycles. The van der Waals surface area contributed by atoms with Crippen LogP contribution in [-0.4, -0.2) is 14.2 Å². The summed E-state index contributed by atoms with van der Waals surface area (Å²) in [6.45, 7) is 0.428. The molecular formula is C9H12ClF2NO. The van der Waals surface area contributed by atoms with Gasteiger partial charge >= 0.3 is 0 Å². The Balaban J connectivity index is 0.00000169. The summed E-state index contributed by atoms with van der Waals surface area (Å²) in [5.74, 6) is -1.68. The molecule has 0 spiro atoms. The minimum Gasteiger partial charge on any atom is -0.491 e. The predicted octanol–water partition coefficient (Wildman–Crippen LogP) is 2.11. The van der Waals surface area contributed by atoms with Gasteiger partial charge in [0.15, 0.2) is 17.4 Å². The summed E-state index contributed by atoms with van der Waals surface area (Å²) in [6, 6.07) is 2.50. The third-order valence-electron chi connectivity index (χ3n) is 1.64. The number of hydrogen-bond acceptors (Lipinski definition) is 2. The zero-order chi connectivity index (χ0) is 9.84. The van der Waals surface area contributed by atoms with Gasteiger partial charge in [0.2, 0.25) is 0 Å². The molecule has 1 N–H and O–H groups in total. The fourth-order valence-electron chi connectivity index (χ4n) is 1.11. The van der Waals surface area contributed by atoms with Gasteiger partial charge in [-0.15, -0.1) is 12.4 Å². The van der Waals surface area contributed by atoms with Crippen LogP contribution in [0.5, 0.6) is 5.75 Å². The van der Waals surface area contributed by atoms with Crippen LogP contribution in [-0.2, 0) is 6.54 Å². The molecule has 80 valence electrons. The average molecular weight is 224 g/mol. The molecule has 0 bridgehead atoms. The van der Waals surface area contributed by atoms with E-state index in [1.165, 1.54) is 19.2 Å². The van der Waals surface area contributed by atoms with Crippen LogP contribution in [0.1, 0.15) is 5.56 Å². The van der Waals surface area contributed by atoms with Crippen LogP contribution >= 0.6 is 12.4 Å². The summed E-state index contributed by atoms with van der Waals surface area (Å²) in [5, 5.41) is 2.80. The SMILES string of the molecule is CNCc1cc(F)c(OC)c(F)c1.Cl. The van der Waals surface area contributed by atoms with Crippen molar-refractivity contribution in [2.24, 2.45) is 0 Å². The van der Waals surface area contributed by atoms with E-state index < -0.39 is 11.6 Å². The summed E-state index contributed by atoms with van der Waals surface area (Å²) in [6.07, 6.45) is 0. The minimum absolute atomic E-state index is 0. The molecule has 0 saturated heterocycles. The summed E-state index contributed by atoms with van der Waals surface area (Å²) in [5.41, 5.74) is 0.554. The maximum Gasteiger partial charge on any atom is 0.190 e. The van der Waals surface area contributed by atoms with Gasteiger partial charge in [-0.3, -0.25) is 0 Å². The Bertz CT molecular complexity index is 284. The van der Waals surface area contributed by atoms with Gasteiger partial charge in [-0.1, -0.05) is 0 Å². The summed E-state index contributed by atoms with van der Waals surface area (Å²) < 4.78 is 30.6. The Hall–Kier alpha value is -0.870. The number of ether oxygens (including phenoxy) is 1. The molecule has 1 aromatic rings. The van der Waals surface area contributed by atoms with Gasteiger partial charge in [0, 0.05) is 6.54 Å². The quantitative estimate of drug-likeness (QED) is 0.848. The fraction of sp³-hybridized carbons (Fsp3) is 0.333. The molecular weight excluding hydrogens is 212 g/mol. The molecule has 0 saturated carbocycles. The van der Waals surface area contributed by atoms with E-state index in [0.29, 0.717) is 12.1 Å². The summed E-state index contributed by atoms with van der Waals surface area (Å²) >= 11 is 0. The lowest BCUT2D eigenvalue weighted by molar-refractivity contribution is 0.359. The van der Waals surface area contributed by atoms with Crippen molar-refractivity contribution in [2.45, 2.75) is 6.54 Å². The van der Waals surface area contributed by atoms with E-state index in [4.69, 9.17) is 0 Å². The van der Waals surface area contributed by atoms with Crippen molar-refractivity contribution in [1.29, 1.82) is 0 Å². The van der Waals surface area contributed by atoms with Crippen LogP contribution < -0.4 is 10.1 Å². The van der Waals surface area contributed by atoms with E-state index in [0.717, 1.165) is 0 Å². The van der Waals surface area contributed by atoms with E-state index in [2.05, 4.69) is 10.1 Å². The highest BCUT2D eigenvalue weighted by molar-refractivity contribution is 5.85. The van der Waals surface area contributed by atoms with Crippen molar-refractivity contribution in [3.63, 3.8) is 0 Å². The highest BCUT2D eigenvalue weighted by Crippen LogP contribution is 2.22. The van der Waals surface area contributed by atoms with Crippen molar-refractivity contribution in [3.8, 4) is 5.75 Å². The lowest BCUT2D eigenvalue weighted by atomic mass is 10.2. The second kappa shape index (κ2) is 5.78. The Labute approximate surface area is 87.7 Å². The maximum absolute atomic E-state index is 13.0. The fourth-order valence-corrected chi connectivity index (χ4v) is 1.11. The van der Waals surface area contributed by atoms with Crippen molar-refractivity contribution >= 4 is 12.4 Å². The lowest BCUT2D eigenvalue weighted by Gasteiger charge is -2.06. The monoisotopic (exact) mass is 223 g/mol. The van der Waals surface area contributed by atoms with E-state index in [1.807, 2.05) is 0 Å². The molecule has 0 aliphatic carbocycles. The highest BCUT2D eigenvalue weighted by Gasteiger charge is 2.10. The topological polar surface area (TPSA) is 21.3 Å². The molecule has 0 fully saturated rings. The van der Waals surface area contributed by atoms with Gasteiger partial charge < -0.3 is 10.1 Å². The van der Waals surface area contributed by atoms with Crippen LogP contribution in [0.2, 0.25) is 0 Å². The molecule has 0 radical (unpaired) electrons. The number of hydrogen-bond donors (Lipinski definition) is 1. The Kier molecular flexibility index (Phi) is 5.42. The van der Waals surface area contributed by atoms with Gasteiger partial charge in [-0.2, -0.15) is 0 Å². The zero-order valence-electron chi connectivity index (χ0n) is 7.93. The van der Waals surface area contributed by atoms with E-state index in [-0.39, 0.29) is 18.2 Å². The van der Waals surface area contributed by atoms with Crippen molar-refractivity contribution < 1.29 is 13.5 Å². The van der Waals surface area contributed by atoms with E-state index >= 15 is 0 Å². The summed E-state index contributed by atoms with van der Waals surface area (Å²) in [4.78, 5) is 0. The Morgan fingerprint density at radius 1 is 1.29 bits per heavy atom. The third-order valence-corrected chi connectivity index (χ3v) is 1.64. The first kappa shape index (κ1) is 13.1. The molecule has 0 aliphatic rings. The van der Waals surface area contributed by atoms with Gasteiger partial charge in [0.25, 0.3) is 0 Å². The van der Waals surface area contributed by atoms with Crippen LogP contribution in [0.4, 0.5) is 8.78 Å². The second-order valence-corrected chi connectivity index (χ2v) is 2.62. The Morgan fingerprint density at radius 3 is 2.14 bits per heavy atom. The van der Waals surface area contributed by atoms with Crippen molar-refractivity contribution in [3.05, 3.63) is 29.3 Å². The first-order valence-electron chi connectivity index (χ1n) is 3.85. The molecule has 1 rings (SSSR count). The molecule has 5 heteroatoms. The van der Waals surface area contributed by atoms with Crippen LogP contribution in [0.15, 0.2) is 12.1 Å². The molecule has 0 atom stereocenters. The predicted molar refractivity (Wildman–Crippen MR) is 52.9 cm³/mol. The first-order chi connectivity index (χ1) is 6.19. The minimum atomic E-state index is -0.673. The van der Waals surface area contributed by atoms with Gasteiger partial charge in [0.1, 0.15) is 0 Å². The highest BCUT2D eigenvalue weighted by atomic mass is 35.5. The normalized spacial score (nSPS) is 9.43. The third kappa shape index (κ3) is 2.82. The standard InChI is InChI=1S/C9H11F2NO.ClH/c1-12-5-6-3-7(10)9(13-2)8(11)4-6;/h3-4,12H,5H2,1-2H3;1H. The van der Waals surface area contributed by atoms with Crippen molar-refractivity contribution in [1.82, 2.24) is 5.32 Å². The molecule has 0 aliphatic heterocycles. The van der Waals surface area contributed by atoms with Crippen LogP contribution in [0.25, 0.3) is 0 Å². The van der Waals surface area contributed by atoms with Gasteiger partial charge in [0.05, 0.1) is 7.11 Å². The molecule has 0 aromatic heterocycles. The number of rotatable bonds is 3. The lowest BCUT2D eigenvalue weighted by Crippen LogP contribution is -2.06. The number of halogens is 3.